The highest BCUT2D eigenvalue weighted by atomic mass is 19.1. The van der Waals surface area contributed by atoms with Crippen molar-refractivity contribution < 1.29 is 13.9 Å². The van der Waals surface area contributed by atoms with Crippen molar-refractivity contribution >= 4 is 0 Å². The molecule has 0 unspecified atom stereocenters. The summed E-state index contributed by atoms with van der Waals surface area (Å²) >= 11 is 0. The quantitative estimate of drug-likeness (QED) is 0.759. The van der Waals surface area contributed by atoms with Gasteiger partial charge in [-0.15, -0.1) is 0 Å². The lowest BCUT2D eigenvalue weighted by Gasteiger charge is -2.11. The first-order valence-electron chi connectivity index (χ1n) is 5.42. The van der Waals surface area contributed by atoms with Crippen LogP contribution in [0.1, 0.15) is 20.3 Å². The molecule has 0 aromatic heterocycles. The second kappa shape index (κ2) is 6.33. The molecule has 0 saturated heterocycles. The van der Waals surface area contributed by atoms with Crippen molar-refractivity contribution in [2.45, 2.75) is 26.4 Å². The van der Waals surface area contributed by atoms with Crippen LogP contribution < -0.4 is 15.2 Å². The van der Waals surface area contributed by atoms with Crippen LogP contribution in [0, 0.1) is 5.82 Å². The summed E-state index contributed by atoms with van der Waals surface area (Å²) in [5.74, 6) is 0.349. The molecule has 1 rings (SSSR count). The Morgan fingerprint density at radius 3 is 2.69 bits per heavy atom. The van der Waals surface area contributed by atoms with Crippen LogP contribution in [0.25, 0.3) is 0 Å². The van der Waals surface area contributed by atoms with Gasteiger partial charge in [0.25, 0.3) is 0 Å². The number of rotatable bonds is 6. The van der Waals surface area contributed by atoms with Gasteiger partial charge >= 0.3 is 0 Å². The van der Waals surface area contributed by atoms with Gasteiger partial charge in [-0.25, -0.2) is 4.39 Å². The molecule has 0 bridgehead atoms. The van der Waals surface area contributed by atoms with Crippen LogP contribution in [0.5, 0.6) is 11.5 Å². The third kappa shape index (κ3) is 4.06. The van der Waals surface area contributed by atoms with Crippen LogP contribution in [0.2, 0.25) is 0 Å². The lowest BCUT2D eigenvalue weighted by atomic mass is 10.3. The van der Waals surface area contributed by atoms with E-state index in [9.17, 15) is 4.39 Å². The van der Waals surface area contributed by atoms with Gasteiger partial charge in [0.15, 0.2) is 11.6 Å². The Labute approximate surface area is 95.4 Å². The van der Waals surface area contributed by atoms with Crippen molar-refractivity contribution in [3.63, 3.8) is 0 Å². The van der Waals surface area contributed by atoms with Crippen molar-refractivity contribution in [2.24, 2.45) is 5.73 Å². The summed E-state index contributed by atoms with van der Waals surface area (Å²) in [6, 6.07) is 4.60. The maximum atomic E-state index is 13.5. The summed E-state index contributed by atoms with van der Waals surface area (Å²) in [4.78, 5) is 0. The van der Waals surface area contributed by atoms with Crippen molar-refractivity contribution in [3.05, 3.63) is 24.0 Å². The molecule has 0 aliphatic heterocycles. The lowest BCUT2D eigenvalue weighted by Crippen LogP contribution is -2.08. The lowest BCUT2D eigenvalue weighted by molar-refractivity contribution is 0.230. The average molecular weight is 227 g/mol. The molecule has 0 saturated carbocycles. The van der Waals surface area contributed by atoms with Crippen molar-refractivity contribution in [1.82, 2.24) is 0 Å². The van der Waals surface area contributed by atoms with Gasteiger partial charge in [0.05, 0.1) is 12.7 Å². The van der Waals surface area contributed by atoms with Crippen molar-refractivity contribution in [1.29, 1.82) is 0 Å². The first-order valence-corrected chi connectivity index (χ1v) is 5.42. The minimum absolute atomic E-state index is 0.0430. The molecule has 16 heavy (non-hydrogen) atoms. The van der Waals surface area contributed by atoms with Gasteiger partial charge in [-0.05, 0) is 38.9 Å². The molecule has 0 fully saturated rings. The Morgan fingerprint density at radius 1 is 1.38 bits per heavy atom. The van der Waals surface area contributed by atoms with Gasteiger partial charge in [0.2, 0.25) is 0 Å². The number of nitrogens with two attached hydrogens (primary N) is 1. The van der Waals surface area contributed by atoms with E-state index in [1.165, 1.54) is 6.07 Å². The minimum Gasteiger partial charge on any atom is -0.493 e. The predicted octanol–water partition coefficient (Wildman–Crippen LogP) is 2.34. The molecule has 2 N–H and O–H groups in total. The Morgan fingerprint density at radius 2 is 2.12 bits per heavy atom. The number of halogens is 1. The zero-order valence-electron chi connectivity index (χ0n) is 9.70. The van der Waals surface area contributed by atoms with E-state index in [-0.39, 0.29) is 11.9 Å². The highest BCUT2D eigenvalue weighted by Gasteiger charge is 2.06. The number of hydrogen-bond donors (Lipinski definition) is 1. The van der Waals surface area contributed by atoms with E-state index in [0.717, 1.165) is 6.42 Å². The summed E-state index contributed by atoms with van der Waals surface area (Å²) < 4.78 is 24.1. The summed E-state index contributed by atoms with van der Waals surface area (Å²) in [6.45, 7) is 4.77. The molecule has 0 aliphatic carbocycles. The van der Waals surface area contributed by atoms with Crippen LogP contribution in [-0.4, -0.2) is 19.3 Å². The van der Waals surface area contributed by atoms with Gasteiger partial charge in [-0.2, -0.15) is 0 Å². The summed E-state index contributed by atoms with van der Waals surface area (Å²) in [6.07, 6.45) is 0.713. The molecule has 0 aliphatic rings. The number of hydrogen-bond acceptors (Lipinski definition) is 3. The Hall–Kier alpha value is -1.29. The average Bonchev–Trinajstić information content (AvgIpc) is 2.22. The molecule has 0 spiro atoms. The third-order valence-corrected chi connectivity index (χ3v) is 1.88. The van der Waals surface area contributed by atoms with Crippen LogP contribution in [0.4, 0.5) is 4.39 Å². The van der Waals surface area contributed by atoms with E-state index in [2.05, 4.69) is 0 Å². The molecular weight excluding hydrogens is 209 g/mol. The van der Waals surface area contributed by atoms with E-state index in [0.29, 0.717) is 18.9 Å². The minimum atomic E-state index is -0.404. The van der Waals surface area contributed by atoms with Crippen LogP contribution >= 0.6 is 0 Å². The van der Waals surface area contributed by atoms with Gasteiger partial charge in [-0.3, -0.25) is 0 Å². The monoisotopic (exact) mass is 227 g/mol. The third-order valence-electron chi connectivity index (χ3n) is 1.88. The molecule has 4 heteroatoms. The van der Waals surface area contributed by atoms with E-state index < -0.39 is 5.82 Å². The molecule has 1 aromatic rings. The molecule has 0 radical (unpaired) electrons. The van der Waals surface area contributed by atoms with Crippen LogP contribution in [0.3, 0.4) is 0 Å². The van der Waals surface area contributed by atoms with Crippen LogP contribution in [0.15, 0.2) is 18.2 Å². The SMILES string of the molecule is CC(C)Oc1ccc(OCCCN)cc1F. The Bertz CT molecular complexity index is 329. The van der Waals surface area contributed by atoms with E-state index in [1.807, 2.05) is 13.8 Å². The first kappa shape index (κ1) is 12.8. The predicted molar refractivity (Wildman–Crippen MR) is 61.3 cm³/mol. The van der Waals surface area contributed by atoms with Crippen molar-refractivity contribution in [3.8, 4) is 11.5 Å². The normalized spacial score (nSPS) is 10.6. The van der Waals surface area contributed by atoms with Gasteiger partial charge < -0.3 is 15.2 Å². The van der Waals surface area contributed by atoms with Crippen LogP contribution in [-0.2, 0) is 0 Å². The fraction of sp³-hybridized carbons (Fsp3) is 0.500. The van der Waals surface area contributed by atoms with Gasteiger partial charge in [0.1, 0.15) is 5.75 Å². The van der Waals surface area contributed by atoms with Crippen molar-refractivity contribution in [2.75, 3.05) is 13.2 Å². The molecule has 90 valence electrons. The summed E-state index contributed by atoms with van der Waals surface area (Å²) in [5.41, 5.74) is 5.33. The first-order chi connectivity index (χ1) is 7.63. The standard InChI is InChI=1S/C12H18FNO2/c1-9(2)16-12-5-4-10(8-11(12)13)15-7-3-6-14/h4-5,8-9H,3,6-7,14H2,1-2H3. The molecule has 1 aromatic carbocycles. The largest absolute Gasteiger partial charge is 0.493 e. The Balaban J connectivity index is 2.60. The fourth-order valence-electron chi connectivity index (χ4n) is 1.19. The summed E-state index contributed by atoms with van der Waals surface area (Å²) in [5, 5.41) is 0. The van der Waals surface area contributed by atoms with Gasteiger partial charge in [0, 0.05) is 6.07 Å². The second-order valence-electron chi connectivity index (χ2n) is 3.75. The highest BCUT2D eigenvalue weighted by Crippen LogP contribution is 2.23. The number of ether oxygens (including phenoxy) is 2. The van der Waals surface area contributed by atoms with E-state index in [4.69, 9.17) is 15.2 Å². The molecule has 0 amide bonds. The smallest absolute Gasteiger partial charge is 0.168 e. The molecule has 0 heterocycles. The zero-order valence-corrected chi connectivity index (χ0v) is 9.70. The van der Waals surface area contributed by atoms with E-state index in [1.54, 1.807) is 12.1 Å². The molecule has 3 nitrogen and oxygen atoms in total. The topological polar surface area (TPSA) is 44.5 Å². The highest BCUT2D eigenvalue weighted by molar-refractivity contribution is 5.33. The summed E-state index contributed by atoms with van der Waals surface area (Å²) in [7, 11) is 0. The second-order valence-corrected chi connectivity index (χ2v) is 3.75. The number of benzene rings is 1. The molecular formula is C12H18FNO2. The maximum Gasteiger partial charge on any atom is 0.168 e. The van der Waals surface area contributed by atoms with E-state index >= 15 is 0 Å². The maximum absolute atomic E-state index is 13.5. The Kier molecular flexibility index (Phi) is 5.05. The molecule has 0 atom stereocenters. The van der Waals surface area contributed by atoms with Gasteiger partial charge in [-0.1, -0.05) is 0 Å². The zero-order chi connectivity index (χ0) is 12.0. The fourth-order valence-corrected chi connectivity index (χ4v) is 1.19.